The summed E-state index contributed by atoms with van der Waals surface area (Å²) in [5.41, 5.74) is 0.460. The Kier molecular flexibility index (Phi) is 5.92. The number of carbonyl (C=O) groups excluding carboxylic acids is 1. The lowest BCUT2D eigenvalue weighted by atomic mass is 9.74. The number of ether oxygens (including phenoxy) is 1. The molecule has 2 aromatic carbocycles. The lowest BCUT2D eigenvalue weighted by Crippen LogP contribution is -2.25. The van der Waals surface area contributed by atoms with Gasteiger partial charge in [-0.25, -0.2) is 0 Å². The van der Waals surface area contributed by atoms with Gasteiger partial charge in [-0.1, -0.05) is 38.4 Å². The van der Waals surface area contributed by atoms with E-state index in [2.05, 4.69) is 0 Å². The summed E-state index contributed by atoms with van der Waals surface area (Å²) in [5.74, 6) is 0.363. The lowest BCUT2D eigenvalue weighted by Gasteiger charge is -2.30. The maximum atomic E-state index is 12.9. The van der Waals surface area contributed by atoms with Crippen LogP contribution < -0.4 is 4.74 Å². The van der Waals surface area contributed by atoms with Gasteiger partial charge in [0.05, 0.1) is 16.2 Å². The van der Waals surface area contributed by atoms with E-state index in [1.54, 1.807) is 18.2 Å². The fraction of sp³-hybridized carbons (Fsp3) is 0.348. The largest absolute Gasteiger partial charge is 0.512 e. The molecular formula is C23H22ClF3O3. The SMILES string of the molecule is CCc1ccc(Oc2ccc(C(F)(F)F)c(Cl)c2)cc1C1=C(O)CC(C)(C)CC1=O. The molecule has 3 rings (SSSR count). The van der Waals surface area contributed by atoms with Gasteiger partial charge in [0, 0.05) is 18.9 Å². The Balaban J connectivity index is 1.98. The van der Waals surface area contributed by atoms with Crippen molar-refractivity contribution in [2.45, 2.75) is 46.2 Å². The normalized spacial score (nSPS) is 16.7. The second-order valence-corrected chi connectivity index (χ2v) is 8.58. The van der Waals surface area contributed by atoms with Crippen LogP contribution in [0.1, 0.15) is 50.3 Å². The van der Waals surface area contributed by atoms with Crippen LogP contribution >= 0.6 is 11.6 Å². The number of carbonyl (C=O) groups is 1. The minimum absolute atomic E-state index is 0.0423. The van der Waals surface area contributed by atoms with Gasteiger partial charge in [-0.05, 0) is 47.2 Å². The molecular weight excluding hydrogens is 417 g/mol. The lowest BCUT2D eigenvalue weighted by molar-refractivity contribution is -0.137. The molecule has 160 valence electrons. The zero-order valence-electron chi connectivity index (χ0n) is 16.9. The first-order chi connectivity index (χ1) is 13.9. The third-order valence-corrected chi connectivity index (χ3v) is 5.38. The second-order valence-electron chi connectivity index (χ2n) is 8.18. The van der Waals surface area contributed by atoms with E-state index in [0.717, 1.165) is 17.7 Å². The summed E-state index contributed by atoms with van der Waals surface area (Å²) in [6.45, 7) is 5.78. The number of allylic oxidation sites excluding steroid dienone is 2. The molecule has 30 heavy (non-hydrogen) atoms. The number of aliphatic hydroxyl groups excluding tert-OH is 1. The molecule has 0 saturated carbocycles. The molecule has 1 aliphatic rings. The number of aryl methyl sites for hydroxylation is 1. The van der Waals surface area contributed by atoms with Crippen LogP contribution in [-0.2, 0) is 17.4 Å². The van der Waals surface area contributed by atoms with E-state index < -0.39 is 16.8 Å². The Hall–Kier alpha value is -2.47. The number of alkyl halides is 3. The van der Waals surface area contributed by atoms with E-state index in [1.165, 1.54) is 6.07 Å². The van der Waals surface area contributed by atoms with Crippen molar-refractivity contribution >= 4 is 23.0 Å². The number of rotatable bonds is 4. The quantitative estimate of drug-likeness (QED) is 0.542. The molecule has 0 atom stereocenters. The summed E-state index contributed by atoms with van der Waals surface area (Å²) in [5, 5.41) is 10.1. The Morgan fingerprint density at radius 3 is 2.30 bits per heavy atom. The molecule has 7 heteroatoms. The standard InChI is InChI=1S/C23H22ClF3O3/c1-4-13-5-6-14(30-15-7-8-17(18(24)10-15)23(25,26)27)9-16(13)21-19(28)11-22(2,3)12-20(21)29/h5-10,28H,4,11-12H2,1-3H3. The van der Waals surface area contributed by atoms with E-state index in [-0.39, 0.29) is 28.3 Å². The number of benzene rings is 2. The molecule has 0 radical (unpaired) electrons. The van der Waals surface area contributed by atoms with Crippen LogP contribution in [0.4, 0.5) is 13.2 Å². The van der Waals surface area contributed by atoms with Crippen molar-refractivity contribution in [1.82, 2.24) is 0 Å². The van der Waals surface area contributed by atoms with Gasteiger partial charge in [-0.3, -0.25) is 4.79 Å². The topological polar surface area (TPSA) is 46.5 Å². The van der Waals surface area contributed by atoms with Crippen LogP contribution in [0.15, 0.2) is 42.2 Å². The Morgan fingerprint density at radius 2 is 1.73 bits per heavy atom. The number of hydrogen-bond acceptors (Lipinski definition) is 3. The Morgan fingerprint density at radius 1 is 1.10 bits per heavy atom. The van der Waals surface area contributed by atoms with Gasteiger partial charge in [0.2, 0.25) is 0 Å². The molecule has 1 N–H and O–H groups in total. The average molecular weight is 439 g/mol. The molecule has 0 unspecified atom stereocenters. The first-order valence-corrected chi connectivity index (χ1v) is 9.92. The molecule has 0 bridgehead atoms. The minimum atomic E-state index is -4.55. The Labute approximate surface area is 178 Å². The predicted molar refractivity (Wildman–Crippen MR) is 110 cm³/mol. The van der Waals surface area contributed by atoms with Gasteiger partial charge in [-0.15, -0.1) is 0 Å². The van der Waals surface area contributed by atoms with Gasteiger partial charge >= 0.3 is 6.18 Å². The molecule has 0 fully saturated rings. The predicted octanol–water partition coefficient (Wildman–Crippen LogP) is 7.37. The molecule has 0 amide bonds. The molecule has 0 heterocycles. The zero-order valence-corrected chi connectivity index (χ0v) is 17.6. The second kappa shape index (κ2) is 7.99. The zero-order chi connectivity index (χ0) is 22.3. The highest BCUT2D eigenvalue weighted by molar-refractivity contribution is 6.31. The smallest absolute Gasteiger partial charge is 0.417 e. The number of aliphatic hydroxyl groups is 1. The van der Waals surface area contributed by atoms with Crippen LogP contribution in [0.5, 0.6) is 11.5 Å². The van der Waals surface area contributed by atoms with Gasteiger partial charge in [-0.2, -0.15) is 13.2 Å². The van der Waals surface area contributed by atoms with Crippen molar-refractivity contribution < 1.29 is 27.8 Å². The first-order valence-electron chi connectivity index (χ1n) is 9.54. The van der Waals surface area contributed by atoms with Crippen molar-refractivity contribution in [3.8, 4) is 11.5 Å². The summed E-state index contributed by atoms with van der Waals surface area (Å²) >= 11 is 5.76. The van der Waals surface area contributed by atoms with Gasteiger partial charge in [0.1, 0.15) is 17.3 Å². The van der Waals surface area contributed by atoms with Crippen LogP contribution in [0.25, 0.3) is 5.57 Å². The maximum Gasteiger partial charge on any atom is 0.417 e. The fourth-order valence-corrected chi connectivity index (χ4v) is 3.96. The molecule has 2 aromatic rings. The molecule has 0 aliphatic heterocycles. The fourth-order valence-electron chi connectivity index (χ4n) is 3.68. The number of halogens is 4. The third-order valence-electron chi connectivity index (χ3n) is 5.07. The summed E-state index contributed by atoms with van der Waals surface area (Å²) in [7, 11) is 0. The van der Waals surface area contributed by atoms with Crippen LogP contribution in [0.3, 0.4) is 0 Å². The molecule has 0 spiro atoms. The maximum absolute atomic E-state index is 12.9. The average Bonchev–Trinajstić information content (AvgIpc) is 2.59. The molecule has 1 aliphatic carbocycles. The van der Waals surface area contributed by atoms with E-state index >= 15 is 0 Å². The van der Waals surface area contributed by atoms with E-state index in [4.69, 9.17) is 16.3 Å². The number of Topliss-reactive ketones (excluding diaryl/α,β-unsaturated/α-hetero) is 1. The minimum Gasteiger partial charge on any atom is -0.512 e. The highest BCUT2D eigenvalue weighted by atomic mass is 35.5. The molecule has 0 aromatic heterocycles. The van der Waals surface area contributed by atoms with E-state index in [1.807, 2.05) is 20.8 Å². The van der Waals surface area contributed by atoms with Crippen molar-refractivity contribution in [2.24, 2.45) is 5.41 Å². The first kappa shape index (κ1) is 22.2. The van der Waals surface area contributed by atoms with Crippen molar-refractivity contribution in [2.75, 3.05) is 0 Å². The van der Waals surface area contributed by atoms with E-state index in [9.17, 15) is 23.1 Å². The van der Waals surface area contributed by atoms with Crippen LogP contribution in [0.2, 0.25) is 5.02 Å². The third kappa shape index (κ3) is 4.64. The summed E-state index contributed by atoms with van der Waals surface area (Å²) in [6, 6.07) is 8.23. The van der Waals surface area contributed by atoms with Crippen molar-refractivity contribution in [1.29, 1.82) is 0 Å². The van der Waals surface area contributed by atoms with Gasteiger partial charge in [0.25, 0.3) is 0 Å². The monoisotopic (exact) mass is 438 g/mol. The highest BCUT2D eigenvalue weighted by Crippen LogP contribution is 2.42. The summed E-state index contributed by atoms with van der Waals surface area (Å²) in [6.07, 6.45) is -3.22. The van der Waals surface area contributed by atoms with Crippen molar-refractivity contribution in [3.63, 3.8) is 0 Å². The van der Waals surface area contributed by atoms with Gasteiger partial charge in [0.15, 0.2) is 5.78 Å². The Bertz CT molecular complexity index is 1020. The van der Waals surface area contributed by atoms with Crippen LogP contribution in [-0.4, -0.2) is 10.9 Å². The molecule has 3 nitrogen and oxygen atoms in total. The molecule has 0 saturated heterocycles. The number of hydrogen-bond donors (Lipinski definition) is 1. The summed E-state index contributed by atoms with van der Waals surface area (Å²) < 4.78 is 44.4. The van der Waals surface area contributed by atoms with E-state index in [0.29, 0.717) is 30.6 Å². The summed E-state index contributed by atoms with van der Waals surface area (Å²) in [4.78, 5) is 12.8. The number of ketones is 1. The van der Waals surface area contributed by atoms with Gasteiger partial charge < -0.3 is 9.84 Å². The van der Waals surface area contributed by atoms with Crippen LogP contribution in [0, 0.1) is 5.41 Å². The highest BCUT2D eigenvalue weighted by Gasteiger charge is 2.35. The van der Waals surface area contributed by atoms with Crippen molar-refractivity contribution in [3.05, 3.63) is 63.9 Å².